The predicted molar refractivity (Wildman–Crippen MR) is 116 cm³/mol. The average molecular weight is 412 g/mol. The molecule has 7 heteroatoms. The first-order valence-electron chi connectivity index (χ1n) is 9.49. The molecule has 1 amide bonds. The quantitative estimate of drug-likeness (QED) is 0.668. The molecule has 0 bridgehead atoms. The molecule has 0 radical (unpaired) electrons. The molecule has 0 saturated heterocycles. The Kier molecular flexibility index (Phi) is 8.32. The number of methoxy groups -OCH3 is 1. The summed E-state index contributed by atoms with van der Waals surface area (Å²) in [5.74, 6) is 1.21. The summed E-state index contributed by atoms with van der Waals surface area (Å²) >= 11 is 1.60. The van der Waals surface area contributed by atoms with Gasteiger partial charge >= 0.3 is 0 Å². The Bertz CT molecular complexity index is 744. The summed E-state index contributed by atoms with van der Waals surface area (Å²) in [7, 11) is 5.79. The largest absolute Gasteiger partial charge is 0.497 e. The molecule has 2 aromatic rings. The number of hydrogen-bond donors (Lipinski definition) is 0. The van der Waals surface area contributed by atoms with Gasteiger partial charge in [0.05, 0.1) is 17.3 Å². The molecule has 0 unspecified atom stereocenters. The molecule has 0 N–H and O–H groups in total. The highest BCUT2D eigenvalue weighted by Crippen LogP contribution is 2.34. The lowest BCUT2D eigenvalue weighted by Crippen LogP contribution is -2.38. The van der Waals surface area contributed by atoms with Crippen LogP contribution >= 0.6 is 23.7 Å². The fourth-order valence-electron chi connectivity index (χ4n) is 3.55. The Morgan fingerprint density at radius 1 is 1.22 bits per heavy atom. The Hall–Kier alpha value is -1.37. The van der Waals surface area contributed by atoms with Crippen LogP contribution in [0.4, 0.5) is 5.13 Å². The zero-order valence-corrected chi connectivity index (χ0v) is 18.1. The summed E-state index contributed by atoms with van der Waals surface area (Å²) in [6, 6.07) is 5.92. The van der Waals surface area contributed by atoms with Gasteiger partial charge in [-0.05, 0) is 52.0 Å². The molecule has 0 spiro atoms. The number of carbonyl (C=O) groups excluding carboxylic acids is 1. The first-order valence-corrected chi connectivity index (χ1v) is 10.3. The molecule has 1 aromatic carbocycles. The maximum atomic E-state index is 13.2. The molecular weight excluding hydrogens is 382 g/mol. The van der Waals surface area contributed by atoms with Crippen LogP contribution in [-0.2, 0) is 4.79 Å². The van der Waals surface area contributed by atoms with Crippen LogP contribution in [0.3, 0.4) is 0 Å². The molecule has 0 atom stereocenters. The number of thiazole rings is 1. The minimum absolute atomic E-state index is 0. The van der Waals surface area contributed by atoms with E-state index >= 15 is 0 Å². The van der Waals surface area contributed by atoms with Gasteiger partial charge in [-0.25, -0.2) is 4.98 Å². The molecule has 1 aliphatic carbocycles. The molecule has 5 nitrogen and oxygen atoms in total. The molecule has 0 aliphatic heterocycles. The zero-order valence-electron chi connectivity index (χ0n) is 16.4. The number of amides is 1. The van der Waals surface area contributed by atoms with Gasteiger partial charge in [-0.2, -0.15) is 0 Å². The Balaban J connectivity index is 0.00000261. The standard InChI is InChI=1S/C20H29N3O2S.ClH/c1-22(2)12-7-13-23(19(24)15-8-5-4-6-9-15)20-21-17-14-16(25-3)10-11-18(17)26-20;/h10-11,14-15H,4-9,12-13H2,1-3H3;1H. The number of anilines is 1. The van der Waals surface area contributed by atoms with Crippen molar-refractivity contribution in [2.75, 3.05) is 39.2 Å². The highest BCUT2D eigenvalue weighted by molar-refractivity contribution is 7.22. The lowest BCUT2D eigenvalue weighted by molar-refractivity contribution is -0.123. The van der Waals surface area contributed by atoms with E-state index in [2.05, 4.69) is 19.0 Å². The normalized spacial score (nSPS) is 15.0. The van der Waals surface area contributed by atoms with Crippen molar-refractivity contribution in [1.82, 2.24) is 9.88 Å². The molecule has 3 rings (SSSR count). The first-order chi connectivity index (χ1) is 12.6. The Labute approximate surface area is 172 Å². The van der Waals surface area contributed by atoms with E-state index in [-0.39, 0.29) is 24.2 Å². The van der Waals surface area contributed by atoms with Crippen LogP contribution in [0.15, 0.2) is 18.2 Å². The fraction of sp³-hybridized carbons (Fsp3) is 0.600. The van der Waals surface area contributed by atoms with E-state index in [0.717, 1.165) is 53.4 Å². The Morgan fingerprint density at radius 2 is 1.96 bits per heavy atom. The first kappa shape index (κ1) is 21.9. The third-order valence-electron chi connectivity index (χ3n) is 5.02. The number of ether oxygens (including phenoxy) is 1. The van der Waals surface area contributed by atoms with Gasteiger partial charge in [-0.1, -0.05) is 30.6 Å². The lowest BCUT2D eigenvalue weighted by atomic mass is 9.88. The smallest absolute Gasteiger partial charge is 0.231 e. The van der Waals surface area contributed by atoms with Gasteiger partial charge in [0.25, 0.3) is 0 Å². The summed E-state index contributed by atoms with van der Waals surface area (Å²) in [6.45, 7) is 1.69. The lowest BCUT2D eigenvalue weighted by Gasteiger charge is -2.28. The molecule has 1 heterocycles. The van der Waals surface area contributed by atoms with Gasteiger partial charge in [-0.3, -0.25) is 9.69 Å². The molecule has 1 saturated carbocycles. The van der Waals surface area contributed by atoms with Crippen LogP contribution < -0.4 is 9.64 Å². The van der Waals surface area contributed by atoms with Crippen LogP contribution in [-0.4, -0.2) is 50.1 Å². The predicted octanol–water partition coefficient (Wildman–Crippen LogP) is 4.59. The molecule has 1 aliphatic rings. The molecular formula is C20H30ClN3O2S. The third-order valence-corrected chi connectivity index (χ3v) is 6.08. The van der Waals surface area contributed by atoms with E-state index in [1.807, 2.05) is 23.1 Å². The van der Waals surface area contributed by atoms with Crippen molar-refractivity contribution in [1.29, 1.82) is 0 Å². The third kappa shape index (κ3) is 5.56. The summed E-state index contributed by atoms with van der Waals surface area (Å²) in [6.07, 6.45) is 6.57. The average Bonchev–Trinajstić information content (AvgIpc) is 3.07. The van der Waals surface area contributed by atoms with Crippen molar-refractivity contribution < 1.29 is 9.53 Å². The number of rotatable bonds is 7. The van der Waals surface area contributed by atoms with Gasteiger partial charge in [0.2, 0.25) is 5.91 Å². The van der Waals surface area contributed by atoms with Crippen molar-refractivity contribution in [3.8, 4) is 5.75 Å². The van der Waals surface area contributed by atoms with E-state index in [1.54, 1.807) is 18.4 Å². The number of carbonyl (C=O) groups is 1. The number of fused-ring (bicyclic) bond motifs is 1. The van der Waals surface area contributed by atoms with E-state index in [0.29, 0.717) is 0 Å². The van der Waals surface area contributed by atoms with Crippen molar-refractivity contribution in [3.63, 3.8) is 0 Å². The Morgan fingerprint density at radius 3 is 2.63 bits per heavy atom. The van der Waals surface area contributed by atoms with E-state index in [4.69, 9.17) is 9.72 Å². The van der Waals surface area contributed by atoms with Crippen LogP contribution in [0, 0.1) is 5.92 Å². The molecule has 1 aromatic heterocycles. The van der Waals surface area contributed by atoms with Gasteiger partial charge in [0.1, 0.15) is 5.75 Å². The van der Waals surface area contributed by atoms with Crippen LogP contribution in [0.5, 0.6) is 5.75 Å². The van der Waals surface area contributed by atoms with Crippen molar-refractivity contribution >= 4 is 45.0 Å². The minimum Gasteiger partial charge on any atom is -0.497 e. The van der Waals surface area contributed by atoms with E-state index < -0.39 is 0 Å². The molecule has 150 valence electrons. The zero-order chi connectivity index (χ0) is 18.5. The van der Waals surface area contributed by atoms with Crippen molar-refractivity contribution in [2.45, 2.75) is 38.5 Å². The van der Waals surface area contributed by atoms with Gasteiger partial charge in [0.15, 0.2) is 5.13 Å². The highest BCUT2D eigenvalue weighted by Gasteiger charge is 2.28. The fourth-order valence-corrected chi connectivity index (χ4v) is 4.53. The van der Waals surface area contributed by atoms with Gasteiger partial charge < -0.3 is 9.64 Å². The number of nitrogens with zero attached hydrogens (tertiary/aromatic N) is 3. The van der Waals surface area contributed by atoms with Crippen LogP contribution in [0.25, 0.3) is 10.2 Å². The maximum Gasteiger partial charge on any atom is 0.231 e. The SMILES string of the molecule is COc1ccc2sc(N(CCCN(C)C)C(=O)C3CCCCC3)nc2c1.Cl. The maximum absolute atomic E-state index is 13.2. The van der Waals surface area contributed by atoms with Crippen molar-refractivity contribution in [3.05, 3.63) is 18.2 Å². The molecule has 27 heavy (non-hydrogen) atoms. The number of halogens is 1. The number of aromatic nitrogens is 1. The second-order valence-electron chi connectivity index (χ2n) is 7.31. The second kappa shape index (κ2) is 10.2. The highest BCUT2D eigenvalue weighted by atomic mass is 35.5. The second-order valence-corrected chi connectivity index (χ2v) is 8.32. The summed E-state index contributed by atoms with van der Waals surface area (Å²) in [4.78, 5) is 22.1. The number of hydrogen-bond acceptors (Lipinski definition) is 5. The topological polar surface area (TPSA) is 45.7 Å². The number of benzene rings is 1. The van der Waals surface area contributed by atoms with E-state index in [9.17, 15) is 4.79 Å². The minimum atomic E-state index is 0. The van der Waals surface area contributed by atoms with Gasteiger partial charge in [0, 0.05) is 18.5 Å². The van der Waals surface area contributed by atoms with E-state index in [1.165, 1.54) is 19.3 Å². The van der Waals surface area contributed by atoms with Crippen LogP contribution in [0.2, 0.25) is 0 Å². The molecule has 1 fully saturated rings. The summed E-state index contributed by atoms with van der Waals surface area (Å²) in [5, 5.41) is 0.822. The summed E-state index contributed by atoms with van der Waals surface area (Å²) in [5.41, 5.74) is 0.901. The summed E-state index contributed by atoms with van der Waals surface area (Å²) < 4.78 is 6.40. The monoisotopic (exact) mass is 411 g/mol. The van der Waals surface area contributed by atoms with Gasteiger partial charge in [-0.15, -0.1) is 12.4 Å². The van der Waals surface area contributed by atoms with Crippen LogP contribution in [0.1, 0.15) is 38.5 Å². The van der Waals surface area contributed by atoms with Crippen molar-refractivity contribution in [2.24, 2.45) is 5.92 Å².